The number of rotatable bonds is 6. The van der Waals surface area contributed by atoms with Gasteiger partial charge in [-0.3, -0.25) is 13.9 Å². The Balaban J connectivity index is 1.73. The zero-order valence-electron chi connectivity index (χ0n) is 18.6. The molecule has 4 rings (SSSR count). The number of alkyl halides is 3. The molecular formula is C23H16F4N8O. The number of halogens is 4. The van der Waals surface area contributed by atoms with Crippen LogP contribution < -0.4 is 10.6 Å². The van der Waals surface area contributed by atoms with Crippen LogP contribution >= 0.6 is 0 Å². The van der Waals surface area contributed by atoms with Crippen LogP contribution in [0.25, 0.3) is 16.9 Å². The van der Waals surface area contributed by atoms with Gasteiger partial charge in [-0.05, 0) is 24.6 Å². The molecule has 0 aliphatic heterocycles. The van der Waals surface area contributed by atoms with Crippen molar-refractivity contribution >= 4 is 23.1 Å². The van der Waals surface area contributed by atoms with Crippen LogP contribution in [0.2, 0.25) is 0 Å². The van der Waals surface area contributed by atoms with E-state index in [0.29, 0.717) is 5.56 Å². The van der Waals surface area contributed by atoms with Crippen molar-refractivity contribution in [2.24, 2.45) is 0 Å². The molecule has 0 aliphatic rings. The number of anilines is 2. The van der Waals surface area contributed by atoms with Gasteiger partial charge in [0.05, 0.1) is 35.6 Å². The summed E-state index contributed by atoms with van der Waals surface area (Å²) in [5, 5.41) is 17.6. The average molecular weight is 496 g/mol. The first-order valence-corrected chi connectivity index (χ1v) is 10.3. The highest BCUT2D eigenvalue weighted by molar-refractivity contribution is 5.96. The van der Waals surface area contributed by atoms with Crippen molar-refractivity contribution < 1.29 is 22.4 Å². The van der Waals surface area contributed by atoms with Gasteiger partial charge in [0, 0.05) is 24.3 Å². The molecular weight excluding hydrogens is 480 g/mol. The third kappa shape index (κ3) is 4.54. The van der Waals surface area contributed by atoms with Gasteiger partial charge in [-0.15, -0.1) is 6.42 Å². The molecule has 0 saturated heterocycles. The molecule has 0 aliphatic carbocycles. The van der Waals surface area contributed by atoms with Gasteiger partial charge >= 0.3 is 6.18 Å². The number of aryl methyl sites for hydroxylation is 1. The van der Waals surface area contributed by atoms with Crippen LogP contribution in [0, 0.1) is 36.4 Å². The zero-order chi connectivity index (χ0) is 26.0. The molecule has 0 radical (unpaired) electrons. The van der Waals surface area contributed by atoms with Crippen LogP contribution in [0.15, 0.2) is 36.9 Å². The number of carbonyl (C=O) groups is 1. The molecule has 0 bridgehead atoms. The lowest BCUT2D eigenvalue weighted by Gasteiger charge is -2.12. The van der Waals surface area contributed by atoms with Crippen LogP contribution in [-0.2, 0) is 12.7 Å². The number of carbonyl (C=O) groups excluding carboxylic acids is 1. The third-order valence-electron chi connectivity index (χ3n) is 5.10. The highest BCUT2D eigenvalue weighted by Crippen LogP contribution is 2.37. The Hall–Kier alpha value is -4.91. The summed E-state index contributed by atoms with van der Waals surface area (Å²) < 4.78 is 57.8. The van der Waals surface area contributed by atoms with E-state index in [0.717, 1.165) is 16.9 Å². The number of nitrogens with one attached hydrogen (secondary N) is 2. The Kier molecular flexibility index (Phi) is 6.31. The molecule has 0 atom stereocenters. The highest BCUT2D eigenvalue weighted by Gasteiger charge is 2.38. The molecule has 0 spiro atoms. The van der Waals surface area contributed by atoms with E-state index >= 15 is 0 Å². The van der Waals surface area contributed by atoms with Crippen molar-refractivity contribution in [1.29, 1.82) is 5.26 Å². The van der Waals surface area contributed by atoms with Crippen molar-refractivity contribution in [3.05, 3.63) is 59.6 Å². The van der Waals surface area contributed by atoms with E-state index in [-0.39, 0.29) is 47.1 Å². The predicted octanol–water partition coefficient (Wildman–Crippen LogP) is 3.69. The SMILES string of the molecule is C#CCNC(=O)c1c(C)cc(Nc2nccn3c(-c4cn(CC#N)nc4C(F)(F)F)cnc23)cc1F. The van der Waals surface area contributed by atoms with E-state index in [9.17, 15) is 22.4 Å². The second-order valence-electron chi connectivity index (χ2n) is 7.52. The van der Waals surface area contributed by atoms with Crippen LogP contribution in [0.3, 0.4) is 0 Å². The number of nitriles is 1. The highest BCUT2D eigenvalue weighted by atomic mass is 19.4. The van der Waals surface area contributed by atoms with Crippen molar-refractivity contribution in [1.82, 2.24) is 29.5 Å². The molecule has 0 unspecified atom stereocenters. The van der Waals surface area contributed by atoms with Crippen LogP contribution in [0.4, 0.5) is 29.1 Å². The maximum atomic E-state index is 14.7. The van der Waals surface area contributed by atoms with E-state index in [1.54, 1.807) is 6.07 Å². The maximum Gasteiger partial charge on any atom is 0.435 e. The Bertz CT molecular complexity index is 1530. The molecule has 13 heteroatoms. The van der Waals surface area contributed by atoms with Gasteiger partial charge in [0.1, 0.15) is 12.4 Å². The summed E-state index contributed by atoms with van der Waals surface area (Å²) in [5.41, 5.74) is -0.824. The fraction of sp³-hybridized carbons (Fsp3) is 0.174. The van der Waals surface area contributed by atoms with Crippen LogP contribution in [0.1, 0.15) is 21.6 Å². The van der Waals surface area contributed by atoms with Crippen molar-refractivity contribution in [2.45, 2.75) is 19.6 Å². The van der Waals surface area contributed by atoms with Gasteiger partial charge in [-0.1, -0.05) is 5.92 Å². The number of fused-ring (bicyclic) bond motifs is 1. The van der Waals surface area contributed by atoms with E-state index in [1.807, 2.05) is 0 Å². The Morgan fingerprint density at radius 1 is 1.28 bits per heavy atom. The monoisotopic (exact) mass is 496 g/mol. The van der Waals surface area contributed by atoms with Crippen molar-refractivity contribution in [3.63, 3.8) is 0 Å². The molecule has 3 heterocycles. The van der Waals surface area contributed by atoms with E-state index in [4.69, 9.17) is 11.7 Å². The van der Waals surface area contributed by atoms with E-state index in [2.05, 4.69) is 31.6 Å². The number of benzene rings is 1. The molecule has 0 fully saturated rings. The summed E-state index contributed by atoms with van der Waals surface area (Å²) in [6, 6.07) is 4.35. The van der Waals surface area contributed by atoms with Gasteiger partial charge in [-0.25, -0.2) is 14.4 Å². The first-order valence-electron chi connectivity index (χ1n) is 10.3. The number of aromatic nitrogens is 5. The molecule has 1 amide bonds. The third-order valence-corrected chi connectivity index (χ3v) is 5.10. The largest absolute Gasteiger partial charge is 0.435 e. The van der Waals surface area contributed by atoms with Crippen LogP contribution in [0.5, 0.6) is 0 Å². The smallest absolute Gasteiger partial charge is 0.341 e. The number of hydrogen-bond donors (Lipinski definition) is 2. The second-order valence-corrected chi connectivity index (χ2v) is 7.52. The lowest BCUT2D eigenvalue weighted by molar-refractivity contribution is -0.141. The predicted molar refractivity (Wildman–Crippen MR) is 120 cm³/mol. The van der Waals surface area contributed by atoms with Crippen molar-refractivity contribution in [3.8, 4) is 29.7 Å². The minimum atomic E-state index is -4.77. The molecule has 36 heavy (non-hydrogen) atoms. The number of imidazole rings is 1. The zero-order valence-corrected chi connectivity index (χ0v) is 18.6. The topological polar surface area (TPSA) is 113 Å². The van der Waals surface area contributed by atoms with Crippen molar-refractivity contribution in [2.75, 3.05) is 11.9 Å². The standard InChI is InChI=1S/C23H16F4N8O/c1-3-5-30-22(36)18-13(2)9-14(10-16(18)24)32-20-21-31-11-17(35(21)8-6-29-20)15-12-34(7-4-28)33-19(15)23(25,26)27/h1,6,8-12H,5,7H2,2H3,(H,29,32)(H,30,36). The summed E-state index contributed by atoms with van der Waals surface area (Å²) in [4.78, 5) is 20.5. The molecule has 2 N–H and O–H groups in total. The summed E-state index contributed by atoms with van der Waals surface area (Å²) >= 11 is 0. The van der Waals surface area contributed by atoms with Gasteiger partial charge in [0.2, 0.25) is 0 Å². The second kappa shape index (κ2) is 9.38. The van der Waals surface area contributed by atoms with Gasteiger partial charge in [-0.2, -0.15) is 23.5 Å². The van der Waals surface area contributed by atoms with Gasteiger partial charge in [0.25, 0.3) is 5.91 Å². The summed E-state index contributed by atoms with van der Waals surface area (Å²) in [7, 11) is 0. The molecule has 9 nitrogen and oxygen atoms in total. The van der Waals surface area contributed by atoms with Gasteiger partial charge < -0.3 is 10.6 Å². The quantitative estimate of drug-likeness (QED) is 0.311. The molecule has 3 aromatic heterocycles. The van der Waals surface area contributed by atoms with Gasteiger partial charge in [0.15, 0.2) is 17.2 Å². The normalized spacial score (nSPS) is 11.2. The Labute approximate surface area is 201 Å². The average Bonchev–Trinajstić information content (AvgIpc) is 3.42. The Morgan fingerprint density at radius 2 is 2.06 bits per heavy atom. The van der Waals surface area contributed by atoms with Crippen LogP contribution in [-0.4, -0.2) is 36.6 Å². The number of amides is 1. The molecule has 182 valence electrons. The number of hydrogen-bond acceptors (Lipinski definition) is 6. The summed E-state index contributed by atoms with van der Waals surface area (Å²) in [6.07, 6.45) is 5.43. The summed E-state index contributed by atoms with van der Waals surface area (Å²) in [5.74, 6) is 0.900. The number of terminal acetylenes is 1. The minimum absolute atomic E-state index is 0.0582. The minimum Gasteiger partial charge on any atom is -0.341 e. The molecule has 1 aromatic carbocycles. The molecule has 4 aromatic rings. The summed E-state index contributed by atoms with van der Waals surface area (Å²) in [6.45, 7) is 1.12. The van der Waals surface area contributed by atoms with E-state index in [1.165, 1.54) is 36.0 Å². The number of nitrogens with zero attached hydrogens (tertiary/aromatic N) is 6. The lowest BCUT2D eigenvalue weighted by atomic mass is 10.1. The fourth-order valence-corrected chi connectivity index (χ4v) is 3.64. The first kappa shape index (κ1) is 24.2. The Morgan fingerprint density at radius 3 is 2.72 bits per heavy atom. The molecule has 0 saturated carbocycles. The lowest BCUT2D eigenvalue weighted by Crippen LogP contribution is -2.25. The first-order chi connectivity index (χ1) is 17.1. The van der Waals surface area contributed by atoms with E-state index < -0.39 is 23.6 Å². The fourth-order valence-electron chi connectivity index (χ4n) is 3.64. The maximum absolute atomic E-state index is 14.7.